The van der Waals surface area contributed by atoms with Crippen molar-refractivity contribution in [1.29, 1.82) is 0 Å². The number of allylic oxidation sites excluding steroid dienone is 4. The monoisotopic (exact) mass is 490 g/mol. The molecule has 2 aliphatic rings. The van der Waals surface area contributed by atoms with Gasteiger partial charge in [-0.3, -0.25) is 14.4 Å². The van der Waals surface area contributed by atoms with Crippen molar-refractivity contribution in [3.8, 4) is 5.00 Å². The highest BCUT2D eigenvalue weighted by Gasteiger charge is 2.27. The molecule has 0 aromatic carbocycles. The number of carbonyl (C=O) groups excluding carboxylic acids is 1. The maximum Gasteiger partial charge on any atom is 0.303 e. The highest BCUT2D eigenvalue weighted by molar-refractivity contribution is 7.15. The van der Waals surface area contributed by atoms with Gasteiger partial charge >= 0.3 is 5.97 Å². The molecule has 0 N–H and O–H groups in total. The van der Waals surface area contributed by atoms with Gasteiger partial charge in [0.25, 0.3) is 0 Å². The van der Waals surface area contributed by atoms with E-state index in [9.17, 15) is 4.79 Å². The average molecular weight is 491 g/mol. The number of hydrogen-bond donors (Lipinski definition) is 0. The molecule has 1 aliphatic carbocycles. The molecule has 6 nitrogen and oxygen atoms in total. The number of aryl methyl sites for hydroxylation is 2. The molecule has 3 heterocycles. The van der Waals surface area contributed by atoms with Crippen LogP contribution in [0.3, 0.4) is 0 Å². The van der Waals surface area contributed by atoms with Gasteiger partial charge in [0, 0.05) is 17.4 Å². The predicted molar refractivity (Wildman–Crippen MR) is 138 cm³/mol. The smallest absolute Gasteiger partial charge is 0.303 e. The number of rotatable bonds is 1. The number of halogens is 1. The first-order valence-electron chi connectivity index (χ1n) is 11.3. The Labute approximate surface area is 206 Å². The normalized spacial score (nSPS) is 16.6. The van der Waals surface area contributed by atoms with E-state index in [-0.39, 0.29) is 16.9 Å². The number of aliphatic imine (C=N–C) groups is 1. The summed E-state index contributed by atoms with van der Waals surface area (Å²) in [7, 11) is 0. The summed E-state index contributed by atoms with van der Waals surface area (Å²) >= 11 is 7.96. The Balaban J connectivity index is 0.000000330. The molecule has 1 atom stereocenters. The van der Waals surface area contributed by atoms with Gasteiger partial charge in [-0.2, -0.15) is 0 Å². The summed E-state index contributed by atoms with van der Waals surface area (Å²) in [6.45, 7) is 17.8. The molecule has 2 aromatic heterocycles. The van der Waals surface area contributed by atoms with Gasteiger partial charge in [0.2, 0.25) is 0 Å². The molecule has 0 radical (unpaired) electrons. The van der Waals surface area contributed by atoms with Gasteiger partial charge in [0.1, 0.15) is 23.0 Å². The first-order chi connectivity index (χ1) is 15.5. The zero-order valence-corrected chi connectivity index (χ0v) is 22.7. The molecule has 0 fully saturated rings. The standard InChI is InChI=1S/C17H17ClN4S.C6H12O2.C2H6/c1-9-10(2)23-17-15(9)16(12-4-6-13(18)7-5-12)19-8-14-21-20-11(3)22(14)17;1-5(7)8-6(2,3)4;1-2/h4-6,13H,7-8H2,1-3H3;1-4H3;1-2H3. The number of esters is 1. The summed E-state index contributed by atoms with van der Waals surface area (Å²) in [5.41, 5.74) is 4.36. The highest BCUT2D eigenvalue weighted by Crippen LogP contribution is 2.36. The number of fused-ring (bicyclic) bond motifs is 3. The van der Waals surface area contributed by atoms with E-state index in [4.69, 9.17) is 21.3 Å². The van der Waals surface area contributed by atoms with Gasteiger partial charge in [-0.25, -0.2) is 0 Å². The van der Waals surface area contributed by atoms with Crippen LogP contribution in [0.1, 0.15) is 75.6 Å². The second kappa shape index (κ2) is 11.3. The van der Waals surface area contributed by atoms with Crippen molar-refractivity contribution in [2.75, 3.05) is 0 Å². The maximum absolute atomic E-state index is 10.2. The Bertz CT molecular complexity index is 1090. The second-order valence-electron chi connectivity index (χ2n) is 8.60. The number of alkyl halides is 1. The van der Waals surface area contributed by atoms with Gasteiger partial charge in [-0.1, -0.05) is 32.1 Å². The minimum Gasteiger partial charge on any atom is -0.460 e. The van der Waals surface area contributed by atoms with Crippen molar-refractivity contribution < 1.29 is 9.53 Å². The van der Waals surface area contributed by atoms with Crippen molar-refractivity contribution in [2.45, 2.75) is 86.3 Å². The Hall–Kier alpha value is -2.25. The van der Waals surface area contributed by atoms with Crippen LogP contribution < -0.4 is 0 Å². The zero-order valence-electron chi connectivity index (χ0n) is 21.1. The average Bonchev–Trinajstić information content (AvgIpc) is 3.17. The number of carbonyl (C=O) groups is 1. The van der Waals surface area contributed by atoms with Gasteiger partial charge in [-0.05, 0) is 59.1 Å². The molecule has 0 amide bonds. The number of nitrogens with zero attached hydrogens (tertiary/aromatic N) is 4. The molecular formula is C25H35ClN4O2S. The van der Waals surface area contributed by atoms with Crippen molar-refractivity contribution >= 4 is 34.6 Å². The van der Waals surface area contributed by atoms with E-state index in [1.54, 1.807) is 11.3 Å². The van der Waals surface area contributed by atoms with E-state index in [1.165, 1.54) is 27.9 Å². The lowest BCUT2D eigenvalue weighted by molar-refractivity contribution is -0.151. The summed E-state index contributed by atoms with van der Waals surface area (Å²) in [5, 5.41) is 9.79. The minimum absolute atomic E-state index is 0.0804. The summed E-state index contributed by atoms with van der Waals surface area (Å²) in [6, 6.07) is 0. The van der Waals surface area contributed by atoms with Crippen LogP contribution in [0, 0.1) is 20.8 Å². The second-order valence-corrected chi connectivity index (χ2v) is 10.4. The summed E-state index contributed by atoms with van der Waals surface area (Å²) in [5.74, 6) is 1.58. The molecule has 0 saturated carbocycles. The van der Waals surface area contributed by atoms with E-state index in [2.05, 4.69) is 40.8 Å². The lowest BCUT2D eigenvalue weighted by Gasteiger charge is -2.17. The fourth-order valence-electron chi connectivity index (χ4n) is 3.48. The third-order valence-electron chi connectivity index (χ3n) is 4.85. The van der Waals surface area contributed by atoms with Crippen LogP contribution >= 0.6 is 22.9 Å². The molecule has 4 rings (SSSR count). The van der Waals surface area contributed by atoms with E-state index < -0.39 is 0 Å². The molecular weight excluding hydrogens is 456 g/mol. The molecule has 0 saturated heterocycles. The van der Waals surface area contributed by atoms with Crippen LogP contribution in [-0.4, -0.2) is 37.4 Å². The fourth-order valence-corrected chi connectivity index (χ4v) is 4.87. The predicted octanol–water partition coefficient (Wildman–Crippen LogP) is 6.42. The largest absolute Gasteiger partial charge is 0.460 e. The van der Waals surface area contributed by atoms with Crippen LogP contribution in [0.15, 0.2) is 28.8 Å². The van der Waals surface area contributed by atoms with Crippen molar-refractivity contribution in [3.05, 3.63) is 51.5 Å². The Morgan fingerprint density at radius 2 is 1.88 bits per heavy atom. The van der Waals surface area contributed by atoms with Gasteiger partial charge in [-0.15, -0.1) is 33.1 Å². The van der Waals surface area contributed by atoms with E-state index in [0.717, 1.165) is 29.4 Å². The Morgan fingerprint density at radius 1 is 1.21 bits per heavy atom. The number of hydrogen-bond acceptors (Lipinski definition) is 6. The molecule has 180 valence electrons. The molecule has 8 heteroatoms. The van der Waals surface area contributed by atoms with E-state index >= 15 is 0 Å². The maximum atomic E-state index is 10.2. The van der Waals surface area contributed by atoms with Crippen molar-refractivity contribution in [2.24, 2.45) is 4.99 Å². The zero-order chi connectivity index (χ0) is 24.9. The summed E-state index contributed by atoms with van der Waals surface area (Å²) < 4.78 is 6.95. The fraction of sp³-hybridized carbons (Fsp3) is 0.520. The number of thiophene rings is 1. The molecule has 33 heavy (non-hydrogen) atoms. The third-order valence-corrected chi connectivity index (χ3v) is 6.36. The highest BCUT2D eigenvalue weighted by atomic mass is 35.5. The molecule has 1 aliphatic heterocycles. The third kappa shape index (κ3) is 6.64. The van der Waals surface area contributed by atoms with Crippen molar-refractivity contribution in [3.63, 3.8) is 0 Å². The SMILES string of the molecule is CC.CC(=O)OC(C)(C)C.Cc1sc2c(c1C)C(C1=CCC(Cl)C=C1)=NCc1nnc(C)n1-2. The topological polar surface area (TPSA) is 69.4 Å². The lowest BCUT2D eigenvalue weighted by Crippen LogP contribution is -2.21. The number of aromatic nitrogens is 3. The first-order valence-corrected chi connectivity index (χ1v) is 12.5. The molecule has 0 spiro atoms. The van der Waals surface area contributed by atoms with Gasteiger partial charge < -0.3 is 4.74 Å². The van der Waals surface area contributed by atoms with Gasteiger partial charge in [0.15, 0.2) is 5.82 Å². The lowest BCUT2D eigenvalue weighted by atomic mass is 9.95. The van der Waals surface area contributed by atoms with Crippen LogP contribution in [0.2, 0.25) is 0 Å². The van der Waals surface area contributed by atoms with Crippen LogP contribution in [0.4, 0.5) is 0 Å². The van der Waals surface area contributed by atoms with E-state index in [0.29, 0.717) is 6.54 Å². The first kappa shape index (κ1) is 27.0. The molecule has 2 aromatic rings. The van der Waals surface area contributed by atoms with Crippen LogP contribution in [0.25, 0.3) is 5.00 Å². The molecule has 0 bridgehead atoms. The molecule has 1 unspecified atom stereocenters. The van der Waals surface area contributed by atoms with Crippen LogP contribution in [0.5, 0.6) is 0 Å². The van der Waals surface area contributed by atoms with Crippen molar-refractivity contribution in [1.82, 2.24) is 14.8 Å². The summed E-state index contributed by atoms with van der Waals surface area (Å²) in [6.07, 6.45) is 7.17. The Morgan fingerprint density at radius 3 is 2.39 bits per heavy atom. The Kier molecular flexibility index (Phi) is 9.20. The van der Waals surface area contributed by atoms with E-state index in [1.807, 2.05) is 47.6 Å². The quantitative estimate of drug-likeness (QED) is 0.341. The van der Waals surface area contributed by atoms with Gasteiger partial charge in [0.05, 0.1) is 11.1 Å². The minimum atomic E-state index is -0.328. The number of ether oxygens (including phenoxy) is 1. The van der Waals surface area contributed by atoms with Crippen LogP contribution in [-0.2, 0) is 16.1 Å². The summed E-state index contributed by atoms with van der Waals surface area (Å²) in [4.78, 5) is 16.4.